The van der Waals surface area contributed by atoms with E-state index >= 15 is 0 Å². The Balaban J connectivity index is 2.98. The highest BCUT2D eigenvalue weighted by Crippen LogP contribution is 2.32. The van der Waals surface area contributed by atoms with Crippen molar-refractivity contribution < 1.29 is 14.5 Å². The Morgan fingerprint density at radius 2 is 2.12 bits per heavy atom. The van der Waals surface area contributed by atoms with Crippen LogP contribution in [0.4, 0.5) is 17.1 Å². The van der Waals surface area contributed by atoms with Crippen LogP contribution in [0.3, 0.4) is 0 Å². The zero-order chi connectivity index (χ0) is 12.8. The number of nitrogens with zero attached hydrogens (tertiary/aromatic N) is 1. The number of hydrogen-bond acceptors (Lipinski definition) is 6. The van der Waals surface area contributed by atoms with Gasteiger partial charge in [-0.25, -0.2) is 0 Å². The first-order chi connectivity index (χ1) is 8.10. The van der Waals surface area contributed by atoms with Gasteiger partial charge in [-0.3, -0.25) is 14.9 Å². The highest BCUT2D eigenvalue weighted by atomic mass is 16.6. The average Bonchev–Trinajstić information content (AvgIpc) is 2.34. The van der Waals surface area contributed by atoms with Gasteiger partial charge in [0.1, 0.15) is 17.9 Å². The molecule has 92 valence electrons. The third-order valence-corrected chi connectivity index (χ3v) is 2.14. The van der Waals surface area contributed by atoms with Crippen LogP contribution in [0.15, 0.2) is 18.2 Å². The van der Waals surface area contributed by atoms with E-state index in [1.807, 2.05) is 0 Å². The molecule has 0 bridgehead atoms. The molecule has 0 amide bonds. The molecule has 0 aromatic heterocycles. The van der Waals surface area contributed by atoms with Crippen LogP contribution in [0.5, 0.6) is 0 Å². The van der Waals surface area contributed by atoms with Crippen molar-refractivity contribution in [2.24, 2.45) is 0 Å². The summed E-state index contributed by atoms with van der Waals surface area (Å²) in [5.74, 6) is -0.492. The molecule has 0 heterocycles. The summed E-state index contributed by atoms with van der Waals surface area (Å²) < 4.78 is 4.44. The average molecular weight is 239 g/mol. The van der Waals surface area contributed by atoms with Gasteiger partial charge < -0.3 is 15.4 Å². The van der Waals surface area contributed by atoms with E-state index in [-0.39, 0.29) is 17.9 Å². The van der Waals surface area contributed by atoms with Gasteiger partial charge in [-0.15, -0.1) is 0 Å². The molecular weight excluding hydrogens is 226 g/mol. The van der Waals surface area contributed by atoms with Gasteiger partial charge in [0.05, 0.1) is 12.0 Å². The number of anilines is 2. The third-order valence-electron chi connectivity index (χ3n) is 2.14. The molecule has 0 saturated heterocycles. The number of hydrogen-bond donors (Lipinski definition) is 2. The number of nitro benzene ring substituents is 1. The standard InChI is InChI=1S/C10H13N3O4/c1-11-7-4-3-5-8(10(7)13(15)16)12-6-9(14)17-2/h3-5,11-12H,6H2,1-2H3. The maximum absolute atomic E-state index is 11.0. The molecule has 0 fully saturated rings. The molecule has 0 aliphatic heterocycles. The van der Waals surface area contributed by atoms with Crippen molar-refractivity contribution in [2.75, 3.05) is 31.3 Å². The molecule has 1 aromatic rings. The maximum atomic E-state index is 11.0. The summed E-state index contributed by atoms with van der Waals surface area (Å²) >= 11 is 0. The van der Waals surface area contributed by atoms with Crippen molar-refractivity contribution in [3.8, 4) is 0 Å². The van der Waals surface area contributed by atoms with Crippen LogP contribution in [-0.4, -0.2) is 31.6 Å². The van der Waals surface area contributed by atoms with Crippen molar-refractivity contribution in [3.05, 3.63) is 28.3 Å². The van der Waals surface area contributed by atoms with Crippen LogP contribution in [0.2, 0.25) is 0 Å². The topological polar surface area (TPSA) is 93.5 Å². The number of benzene rings is 1. The van der Waals surface area contributed by atoms with Gasteiger partial charge in [-0.05, 0) is 12.1 Å². The fourth-order valence-corrected chi connectivity index (χ4v) is 1.32. The van der Waals surface area contributed by atoms with E-state index in [1.165, 1.54) is 13.2 Å². The predicted molar refractivity (Wildman–Crippen MR) is 63.1 cm³/mol. The summed E-state index contributed by atoms with van der Waals surface area (Å²) in [4.78, 5) is 21.4. The Morgan fingerprint density at radius 1 is 1.47 bits per heavy atom. The van der Waals surface area contributed by atoms with Gasteiger partial charge in [-0.2, -0.15) is 0 Å². The van der Waals surface area contributed by atoms with Crippen molar-refractivity contribution >= 4 is 23.0 Å². The lowest BCUT2D eigenvalue weighted by molar-refractivity contribution is -0.383. The van der Waals surface area contributed by atoms with Crippen LogP contribution in [0.25, 0.3) is 0 Å². The molecule has 0 aliphatic carbocycles. The maximum Gasteiger partial charge on any atom is 0.325 e. The molecule has 0 saturated carbocycles. The summed E-state index contributed by atoms with van der Waals surface area (Å²) in [6, 6.07) is 4.77. The predicted octanol–water partition coefficient (Wildman–Crippen LogP) is 1.22. The monoisotopic (exact) mass is 239 g/mol. The number of para-hydroxylation sites is 1. The Morgan fingerprint density at radius 3 is 2.65 bits per heavy atom. The van der Waals surface area contributed by atoms with Crippen LogP contribution < -0.4 is 10.6 Å². The summed E-state index contributed by atoms with van der Waals surface area (Å²) in [7, 11) is 2.84. The molecule has 0 spiro atoms. The smallest absolute Gasteiger partial charge is 0.325 e. The second-order valence-corrected chi connectivity index (χ2v) is 3.14. The molecule has 0 aliphatic rings. The van der Waals surface area contributed by atoms with E-state index in [0.29, 0.717) is 5.69 Å². The van der Waals surface area contributed by atoms with Crippen molar-refractivity contribution in [3.63, 3.8) is 0 Å². The highest BCUT2D eigenvalue weighted by molar-refractivity contribution is 5.80. The molecule has 7 nitrogen and oxygen atoms in total. The summed E-state index contributed by atoms with van der Waals surface area (Å²) in [5, 5.41) is 16.3. The first kappa shape index (κ1) is 12.8. The van der Waals surface area contributed by atoms with Crippen LogP contribution >= 0.6 is 0 Å². The summed E-state index contributed by atoms with van der Waals surface area (Å²) in [5.41, 5.74) is 0.552. The molecule has 0 unspecified atom stereocenters. The number of nitrogens with one attached hydrogen (secondary N) is 2. The molecule has 17 heavy (non-hydrogen) atoms. The lowest BCUT2D eigenvalue weighted by Gasteiger charge is -2.08. The molecule has 0 atom stereocenters. The number of carbonyl (C=O) groups is 1. The highest BCUT2D eigenvalue weighted by Gasteiger charge is 2.19. The minimum Gasteiger partial charge on any atom is -0.468 e. The zero-order valence-electron chi connectivity index (χ0n) is 9.52. The number of esters is 1. The Kier molecular flexibility index (Phi) is 4.27. The van der Waals surface area contributed by atoms with Crippen molar-refractivity contribution in [1.82, 2.24) is 0 Å². The molecule has 2 N–H and O–H groups in total. The van der Waals surface area contributed by atoms with E-state index < -0.39 is 10.9 Å². The first-order valence-corrected chi connectivity index (χ1v) is 4.86. The van der Waals surface area contributed by atoms with Crippen LogP contribution in [0.1, 0.15) is 0 Å². The Hall–Kier alpha value is -2.31. The SMILES string of the molecule is CNc1cccc(NCC(=O)OC)c1[N+](=O)[O-]. The second-order valence-electron chi connectivity index (χ2n) is 3.14. The zero-order valence-corrected chi connectivity index (χ0v) is 9.52. The van der Waals surface area contributed by atoms with E-state index in [2.05, 4.69) is 15.4 Å². The molecule has 0 radical (unpaired) electrons. The largest absolute Gasteiger partial charge is 0.468 e. The quantitative estimate of drug-likeness (QED) is 0.456. The number of carbonyl (C=O) groups excluding carboxylic acids is 1. The van der Waals surface area contributed by atoms with Crippen LogP contribution in [-0.2, 0) is 9.53 Å². The van der Waals surface area contributed by atoms with Gasteiger partial charge in [0, 0.05) is 7.05 Å². The fourth-order valence-electron chi connectivity index (χ4n) is 1.32. The summed E-state index contributed by atoms with van der Waals surface area (Å²) in [6.07, 6.45) is 0. The fraction of sp³-hybridized carbons (Fsp3) is 0.300. The lowest BCUT2D eigenvalue weighted by Crippen LogP contribution is -2.16. The van der Waals surface area contributed by atoms with Gasteiger partial charge in [0.25, 0.3) is 0 Å². The van der Waals surface area contributed by atoms with Gasteiger partial charge >= 0.3 is 11.7 Å². The number of methoxy groups -OCH3 is 1. The molecule has 1 aromatic carbocycles. The number of ether oxygens (including phenoxy) is 1. The Bertz CT molecular complexity index is 434. The normalized spacial score (nSPS) is 9.53. The number of nitro groups is 1. The second kappa shape index (κ2) is 5.69. The summed E-state index contributed by atoms with van der Waals surface area (Å²) in [6.45, 7) is -0.121. The molecular formula is C10H13N3O4. The van der Waals surface area contributed by atoms with Crippen LogP contribution in [0, 0.1) is 10.1 Å². The van der Waals surface area contributed by atoms with Gasteiger partial charge in [0.2, 0.25) is 0 Å². The molecule has 1 rings (SSSR count). The van der Waals surface area contributed by atoms with E-state index in [1.54, 1.807) is 19.2 Å². The number of rotatable bonds is 5. The minimum absolute atomic E-state index is 0.0982. The lowest BCUT2D eigenvalue weighted by atomic mass is 10.2. The van der Waals surface area contributed by atoms with Gasteiger partial charge in [-0.1, -0.05) is 6.07 Å². The minimum atomic E-state index is -0.508. The van der Waals surface area contributed by atoms with E-state index in [0.717, 1.165) is 0 Å². The first-order valence-electron chi connectivity index (χ1n) is 4.86. The third kappa shape index (κ3) is 3.07. The molecule has 7 heteroatoms. The Labute approximate surface area is 97.9 Å². The van der Waals surface area contributed by atoms with Gasteiger partial charge in [0.15, 0.2) is 0 Å². The van der Waals surface area contributed by atoms with Crippen molar-refractivity contribution in [1.29, 1.82) is 0 Å². The van der Waals surface area contributed by atoms with Crippen molar-refractivity contribution in [2.45, 2.75) is 0 Å². The van der Waals surface area contributed by atoms with E-state index in [4.69, 9.17) is 0 Å². The van der Waals surface area contributed by atoms with E-state index in [9.17, 15) is 14.9 Å².